The fourth-order valence-electron chi connectivity index (χ4n) is 4.50. The summed E-state index contributed by atoms with van der Waals surface area (Å²) in [6, 6.07) is 0. The molecule has 0 amide bonds. The van der Waals surface area contributed by atoms with Gasteiger partial charge < -0.3 is 15.0 Å². The van der Waals surface area contributed by atoms with Gasteiger partial charge in [-0.1, -0.05) is 26.2 Å². The molecule has 0 radical (unpaired) electrons. The molecule has 1 saturated carbocycles. The Balaban J connectivity index is 0.00000192. The fraction of sp³-hybridized carbons (Fsp3) is 0.944. The van der Waals surface area contributed by atoms with E-state index >= 15 is 0 Å². The number of nitrogens with zero attached hydrogens (tertiary/aromatic N) is 2. The zero-order valence-corrected chi connectivity index (χ0v) is 17.2. The first-order valence-corrected chi connectivity index (χ1v) is 9.28. The second kappa shape index (κ2) is 8.88. The number of rotatable bonds is 3. The number of guanidine groups is 1. The molecule has 2 aliphatic heterocycles. The summed E-state index contributed by atoms with van der Waals surface area (Å²) < 4.78 is 5.63. The largest absolute Gasteiger partial charge is 0.381 e. The molecule has 5 heteroatoms. The molecular formula is C18H34IN3O. The van der Waals surface area contributed by atoms with Crippen molar-refractivity contribution in [3.63, 3.8) is 0 Å². The summed E-state index contributed by atoms with van der Waals surface area (Å²) in [5, 5.41) is 3.66. The number of hydrogen-bond acceptors (Lipinski definition) is 2. The standard InChI is InChI=1S/C18H33N3O.HI/c1-3-15-4-6-16(7-5-15)12-20-17(19-2)21-10-8-18(13-21)9-11-22-14-18;/h15-16H,3-14H2,1-2H3,(H,19,20);1H. The third-order valence-corrected chi connectivity index (χ3v) is 6.23. The van der Waals surface area contributed by atoms with Gasteiger partial charge in [-0.05, 0) is 37.5 Å². The molecule has 1 N–H and O–H groups in total. The van der Waals surface area contributed by atoms with Gasteiger partial charge in [-0.25, -0.2) is 0 Å². The number of aliphatic imine (C=N–C) groups is 1. The smallest absolute Gasteiger partial charge is 0.193 e. The average molecular weight is 435 g/mol. The van der Waals surface area contributed by atoms with Crippen molar-refractivity contribution < 1.29 is 4.74 Å². The van der Waals surface area contributed by atoms with Crippen LogP contribution in [0.4, 0.5) is 0 Å². The van der Waals surface area contributed by atoms with Crippen LogP contribution in [-0.2, 0) is 4.74 Å². The van der Waals surface area contributed by atoms with E-state index < -0.39 is 0 Å². The van der Waals surface area contributed by atoms with Crippen molar-refractivity contribution in [1.82, 2.24) is 10.2 Å². The van der Waals surface area contributed by atoms with E-state index in [0.29, 0.717) is 5.41 Å². The molecule has 1 aliphatic carbocycles. The van der Waals surface area contributed by atoms with E-state index in [4.69, 9.17) is 4.74 Å². The van der Waals surface area contributed by atoms with Gasteiger partial charge in [0.1, 0.15) is 0 Å². The molecule has 3 fully saturated rings. The van der Waals surface area contributed by atoms with Crippen LogP contribution in [0.5, 0.6) is 0 Å². The molecule has 0 bridgehead atoms. The van der Waals surface area contributed by atoms with Crippen LogP contribution in [0.15, 0.2) is 4.99 Å². The molecule has 0 aromatic rings. The van der Waals surface area contributed by atoms with Gasteiger partial charge in [0.15, 0.2) is 5.96 Å². The lowest BCUT2D eigenvalue weighted by Gasteiger charge is -2.30. The maximum Gasteiger partial charge on any atom is 0.193 e. The molecule has 1 unspecified atom stereocenters. The Labute approximate surface area is 158 Å². The summed E-state index contributed by atoms with van der Waals surface area (Å²) in [6.07, 6.45) is 9.47. The molecule has 3 aliphatic rings. The SMILES string of the molecule is CCC1CCC(CNC(=NC)N2CCC3(CCOC3)C2)CC1.I. The molecule has 4 nitrogen and oxygen atoms in total. The number of likely N-dealkylation sites (tertiary alicyclic amines) is 1. The third-order valence-electron chi connectivity index (χ3n) is 6.23. The first kappa shape index (κ1) is 19.3. The summed E-state index contributed by atoms with van der Waals surface area (Å²) in [6.45, 7) is 7.58. The van der Waals surface area contributed by atoms with Crippen molar-refractivity contribution in [3.8, 4) is 0 Å². The molecule has 2 heterocycles. The Morgan fingerprint density at radius 2 is 1.96 bits per heavy atom. The van der Waals surface area contributed by atoms with Gasteiger partial charge in [-0.2, -0.15) is 0 Å². The van der Waals surface area contributed by atoms with E-state index in [1.807, 2.05) is 7.05 Å². The maximum absolute atomic E-state index is 5.63. The fourth-order valence-corrected chi connectivity index (χ4v) is 4.50. The summed E-state index contributed by atoms with van der Waals surface area (Å²) in [5.41, 5.74) is 0.413. The first-order chi connectivity index (χ1) is 10.7. The predicted molar refractivity (Wildman–Crippen MR) is 107 cm³/mol. The van der Waals surface area contributed by atoms with Crippen LogP contribution in [0.25, 0.3) is 0 Å². The average Bonchev–Trinajstić information content (AvgIpc) is 3.19. The highest BCUT2D eigenvalue weighted by Crippen LogP contribution is 2.38. The van der Waals surface area contributed by atoms with Gasteiger partial charge in [-0.15, -0.1) is 24.0 Å². The number of nitrogens with one attached hydrogen (secondary N) is 1. The summed E-state index contributed by atoms with van der Waals surface area (Å²) in [5.74, 6) is 2.93. The topological polar surface area (TPSA) is 36.9 Å². The molecule has 0 aromatic heterocycles. The Hall–Kier alpha value is -0.0400. The lowest BCUT2D eigenvalue weighted by molar-refractivity contribution is 0.156. The lowest BCUT2D eigenvalue weighted by Crippen LogP contribution is -2.43. The molecule has 3 rings (SSSR count). The van der Waals surface area contributed by atoms with Gasteiger partial charge in [0.05, 0.1) is 6.61 Å². The molecule has 1 spiro atoms. The van der Waals surface area contributed by atoms with E-state index in [-0.39, 0.29) is 24.0 Å². The minimum atomic E-state index is 0. The Kier molecular flexibility index (Phi) is 7.45. The van der Waals surface area contributed by atoms with Gasteiger partial charge in [0.2, 0.25) is 0 Å². The monoisotopic (exact) mass is 435 g/mol. The van der Waals surface area contributed by atoms with Crippen molar-refractivity contribution in [2.45, 2.75) is 51.9 Å². The van der Waals surface area contributed by atoms with Crippen LogP contribution in [0.1, 0.15) is 51.9 Å². The first-order valence-electron chi connectivity index (χ1n) is 9.28. The zero-order valence-electron chi connectivity index (χ0n) is 14.9. The predicted octanol–water partition coefficient (Wildman–Crippen LogP) is 3.51. The van der Waals surface area contributed by atoms with Gasteiger partial charge in [0.25, 0.3) is 0 Å². The van der Waals surface area contributed by atoms with Crippen molar-refractivity contribution in [3.05, 3.63) is 0 Å². The third kappa shape index (κ3) is 4.74. The highest BCUT2D eigenvalue weighted by Gasteiger charge is 2.42. The highest BCUT2D eigenvalue weighted by atomic mass is 127. The number of ether oxygens (including phenoxy) is 1. The van der Waals surface area contributed by atoms with E-state index in [1.54, 1.807) is 0 Å². The lowest BCUT2D eigenvalue weighted by atomic mass is 9.81. The van der Waals surface area contributed by atoms with Crippen molar-refractivity contribution >= 4 is 29.9 Å². The second-order valence-electron chi connectivity index (χ2n) is 7.70. The Morgan fingerprint density at radius 1 is 1.22 bits per heavy atom. The van der Waals surface area contributed by atoms with E-state index in [0.717, 1.165) is 50.6 Å². The Morgan fingerprint density at radius 3 is 2.57 bits per heavy atom. The maximum atomic E-state index is 5.63. The molecule has 134 valence electrons. The van der Waals surface area contributed by atoms with E-state index in [9.17, 15) is 0 Å². The number of hydrogen-bond donors (Lipinski definition) is 1. The van der Waals surface area contributed by atoms with E-state index in [1.165, 1.54) is 44.9 Å². The van der Waals surface area contributed by atoms with Crippen LogP contribution in [-0.4, -0.2) is 50.8 Å². The summed E-state index contributed by atoms with van der Waals surface area (Å²) >= 11 is 0. The van der Waals surface area contributed by atoms with Crippen LogP contribution in [0, 0.1) is 17.3 Å². The molecule has 0 aromatic carbocycles. The molecular weight excluding hydrogens is 401 g/mol. The summed E-state index contributed by atoms with van der Waals surface area (Å²) in [7, 11) is 1.92. The molecule has 23 heavy (non-hydrogen) atoms. The van der Waals surface area contributed by atoms with Gasteiger partial charge in [0, 0.05) is 38.7 Å². The van der Waals surface area contributed by atoms with Crippen LogP contribution >= 0.6 is 24.0 Å². The van der Waals surface area contributed by atoms with Crippen LogP contribution in [0.3, 0.4) is 0 Å². The van der Waals surface area contributed by atoms with Crippen molar-refractivity contribution in [1.29, 1.82) is 0 Å². The Bertz CT molecular complexity index is 388. The molecule has 1 atom stereocenters. The number of halogens is 1. The van der Waals surface area contributed by atoms with Crippen molar-refractivity contribution in [2.24, 2.45) is 22.2 Å². The van der Waals surface area contributed by atoms with Crippen LogP contribution < -0.4 is 5.32 Å². The normalized spacial score (nSPS) is 34.7. The second-order valence-corrected chi connectivity index (χ2v) is 7.70. The molecule has 2 saturated heterocycles. The minimum absolute atomic E-state index is 0. The van der Waals surface area contributed by atoms with E-state index in [2.05, 4.69) is 22.1 Å². The van der Waals surface area contributed by atoms with Crippen molar-refractivity contribution in [2.75, 3.05) is 39.9 Å². The van der Waals surface area contributed by atoms with Crippen LogP contribution in [0.2, 0.25) is 0 Å². The zero-order chi connectivity index (χ0) is 15.4. The summed E-state index contributed by atoms with van der Waals surface area (Å²) in [4.78, 5) is 6.98. The van der Waals surface area contributed by atoms with Gasteiger partial charge in [-0.3, -0.25) is 4.99 Å². The minimum Gasteiger partial charge on any atom is -0.381 e. The quantitative estimate of drug-likeness (QED) is 0.419. The van der Waals surface area contributed by atoms with Gasteiger partial charge >= 0.3 is 0 Å². The highest BCUT2D eigenvalue weighted by molar-refractivity contribution is 14.0.